The van der Waals surface area contributed by atoms with Crippen molar-refractivity contribution < 1.29 is 14.3 Å². The third-order valence-electron chi connectivity index (χ3n) is 3.64. The Kier molecular flexibility index (Phi) is 6.15. The van der Waals surface area contributed by atoms with Crippen molar-refractivity contribution in [1.29, 1.82) is 0 Å². The Bertz CT molecular complexity index is 978. The first-order valence-corrected chi connectivity index (χ1v) is 8.44. The third-order valence-corrected chi connectivity index (χ3v) is 3.64. The van der Waals surface area contributed by atoms with Gasteiger partial charge in [-0.3, -0.25) is 5.32 Å². The Morgan fingerprint density at radius 2 is 2.07 bits per heavy atom. The fraction of sp³-hybridized carbons (Fsp3) is 0.211. The Hall–Kier alpha value is -3.93. The van der Waals surface area contributed by atoms with E-state index in [1.165, 1.54) is 0 Å². The van der Waals surface area contributed by atoms with Crippen molar-refractivity contribution in [3.63, 3.8) is 0 Å². The highest BCUT2D eigenvalue weighted by molar-refractivity contribution is 5.83. The number of amides is 1. The van der Waals surface area contributed by atoms with Crippen molar-refractivity contribution in [2.24, 2.45) is 7.05 Å². The molecular formula is C19H18N6O3. The lowest BCUT2D eigenvalue weighted by molar-refractivity contribution is 0.164. The second-order valence-electron chi connectivity index (χ2n) is 5.67. The Labute approximate surface area is 161 Å². The van der Waals surface area contributed by atoms with Gasteiger partial charge in [-0.25, -0.2) is 14.5 Å². The minimum absolute atomic E-state index is 0.158. The van der Waals surface area contributed by atoms with Gasteiger partial charge in [-0.2, -0.15) is 0 Å². The third kappa shape index (κ3) is 5.04. The topological polar surface area (TPSA) is 104 Å². The van der Waals surface area contributed by atoms with E-state index in [4.69, 9.17) is 15.9 Å². The molecule has 0 saturated carbocycles. The van der Waals surface area contributed by atoms with Gasteiger partial charge < -0.3 is 9.47 Å². The summed E-state index contributed by atoms with van der Waals surface area (Å²) in [7, 11) is 1.78. The molecule has 1 aromatic carbocycles. The number of carbonyl (C=O) groups excluding carboxylic acids is 1. The van der Waals surface area contributed by atoms with Crippen LogP contribution in [0.1, 0.15) is 12.1 Å². The zero-order valence-electron chi connectivity index (χ0n) is 15.2. The fourth-order valence-electron chi connectivity index (χ4n) is 2.30. The highest BCUT2D eigenvalue weighted by Gasteiger charge is 2.07. The quantitative estimate of drug-likeness (QED) is 0.497. The zero-order valence-corrected chi connectivity index (χ0v) is 15.2. The summed E-state index contributed by atoms with van der Waals surface area (Å²) in [4.78, 5) is 16.0. The molecule has 2 aromatic heterocycles. The molecule has 0 saturated heterocycles. The summed E-state index contributed by atoms with van der Waals surface area (Å²) >= 11 is 0. The summed E-state index contributed by atoms with van der Waals surface area (Å²) in [6.07, 6.45) is 4.87. The van der Waals surface area contributed by atoms with Crippen LogP contribution in [0.4, 0.5) is 10.6 Å². The van der Waals surface area contributed by atoms with Crippen LogP contribution in [0.5, 0.6) is 5.75 Å². The highest BCUT2D eigenvalue weighted by Crippen LogP contribution is 2.20. The molecular weight excluding hydrogens is 360 g/mol. The van der Waals surface area contributed by atoms with Crippen molar-refractivity contribution in [3.05, 3.63) is 48.2 Å². The number of ether oxygens (including phenoxy) is 2. The van der Waals surface area contributed by atoms with E-state index < -0.39 is 6.09 Å². The SMILES string of the molecule is C#CCCOC(=O)Nc1cccc(COc2ccc(-c3nnnn3C)cc2)n1. The molecule has 0 unspecified atom stereocenters. The molecule has 0 bridgehead atoms. The van der Waals surface area contributed by atoms with Crippen LogP contribution in [-0.4, -0.2) is 37.9 Å². The molecule has 9 nitrogen and oxygen atoms in total. The van der Waals surface area contributed by atoms with Gasteiger partial charge in [0.05, 0.1) is 5.69 Å². The number of terminal acetylenes is 1. The van der Waals surface area contributed by atoms with E-state index in [1.807, 2.05) is 24.3 Å². The van der Waals surface area contributed by atoms with E-state index in [-0.39, 0.29) is 13.2 Å². The first-order chi connectivity index (χ1) is 13.7. The van der Waals surface area contributed by atoms with Crippen LogP contribution < -0.4 is 10.1 Å². The summed E-state index contributed by atoms with van der Waals surface area (Å²) in [6.45, 7) is 0.401. The number of pyridine rings is 1. The van der Waals surface area contributed by atoms with Gasteiger partial charge >= 0.3 is 6.09 Å². The normalized spacial score (nSPS) is 10.1. The number of hydrogen-bond acceptors (Lipinski definition) is 7. The molecule has 0 aliphatic heterocycles. The predicted molar refractivity (Wildman–Crippen MR) is 101 cm³/mol. The lowest BCUT2D eigenvalue weighted by Crippen LogP contribution is -2.15. The highest BCUT2D eigenvalue weighted by atomic mass is 16.5. The van der Waals surface area contributed by atoms with E-state index >= 15 is 0 Å². The number of aryl methyl sites for hydroxylation is 1. The number of nitrogens with one attached hydrogen (secondary N) is 1. The Morgan fingerprint density at radius 1 is 1.25 bits per heavy atom. The summed E-state index contributed by atoms with van der Waals surface area (Å²) in [5.41, 5.74) is 1.54. The van der Waals surface area contributed by atoms with E-state index in [9.17, 15) is 4.79 Å². The second kappa shape index (κ2) is 9.14. The molecule has 0 radical (unpaired) electrons. The molecule has 0 fully saturated rings. The molecule has 0 aliphatic carbocycles. The average Bonchev–Trinajstić information content (AvgIpc) is 3.13. The smallest absolute Gasteiger partial charge is 0.412 e. The van der Waals surface area contributed by atoms with E-state index in [0.29, 0.717) is 29.5 Å². The van der Waals surface area contributed by atoms with Crippen LogP contribution in [-0.2, 0) is 18.4 Å². The summed E-state index contributed by atoms with van der Waals surface area (Å²) in [6, 6.07) is 12.6. The number of hydrogen-bond donors (Lipinski definition) is 1. The van der Waals surface area contributed by atoms with Gasteiger partial charge in [0, 0.05) is 19.0 Å². The molecule has 0 atom stereocenters. The molecule has 3 aromatic rings. The summed E-state index contributed by atoms with van der Waals surface area (Å²) in [5.74, 6) is 4.11. The summed E-state index contributed by atoms with van der Waals surface area (Å²) in [5, 5.41) is 13.9. The lowest BCUT2D eigenvalue weighted by atomic mass is 10.2. The van der Waals surface area contributed by atoms with Gasteiger partial charge in [0.25, 0.3) is 0 Å². The number of benzene rings is 1. The maximum atomic E-state index is 11.6. The second-order valence-corrected chi connectivity index (χ2v) is 5.67. The molecule has 142 valence electrons. The van der Waals surface area contributed by atoms with Gasteiger partial charge in [0.15, 0.2) is 5.82 Å². The van der Waals surface area contributed by atoms with Crippen molar-refractivity contribution in [1.82, 2.24) is 25.2 Å². The maximum absolute atomic E-state index is 11.6. The molecule has 9 heteroatoms. The fourth-order valence-corrected chi connectivity index (χ4v) is 2.30. The van der Waals surface area contributed by atoms with Crippen LogP contribution in [0.3, 0.4) is 0 Å². The van der Waals surface area contributed by atoms with Crippen LogP contribution in [0.2, 0.25) is 0 Å². The number of rotatable bonds is 7. The van der Waals surface area contributed by atoms with Gasteiger partial charge in [-0.15, -0.1) is 17.4 Å². The Balaban J connectivity index is 1.55. The van der Waals surface area contributed by atoms with E-state index in [1.54, 1.807) is 29.9 Å². The monoisotopic (exact) mass is 378 g/mol. The lowest BCUT2D eigenvalue weighted by Gasteiger charge is -2.09. The van der Waals surface area contributed by atoms with Gasteiger partial charge in [0.1, 0.15) is 24.8 Å². The van der Waals surface area contributed by atoms with Gasteiger partial charge in [-0.05, 0) is 46.8 Å². The Morgan fingerprint density at radius 3 is 2.79 bits per heavy atom. The molecule has 0 spiro atoms. The standard InChI is InChI=1S/C19H18N6O3/c1-3-4-12-27-19(26)21-17-7-5-6-15(20-17)13-28-16-10-8-14(9-11-16)18-22-23-24-25(18)2/h1,5-11H,4,12-13H2,2H3,(H,20,21,26). The number of anilines is 1. The minimum Gasteiger partial charge on any atom is -0.487 e. The van der Waals surface area contributed by atoms with Crippen LogP contribution >= 0.6 is 0 Å². The van der Waals surface area contributed by atoms with Crippen molar-refractivity contribution >= 4 is 11.9 Å². The van der Waals surface area contributed by atoms with Crippen molar-refractivity contribution in [2.45, 2.75) is 13.0 Å². The zero-order chi connectivity index (χ0) is 19.8. The molecule has 1 amide bonds. The van der Waals surface area contributed by atoms with E-state index in [2.05, 4.69) is 31.7 Å². The van der Waals surface area contributed by atoms with Crippen LogP contribution in [0.15, 0.2) is 42.5 Å². The maximum Gasteiger partial charge on any atom is 0.412 e. The molecule has 1 N–H and O–H groups in total. The van der Waals surface area contributed by atoms with Gasteiger partial charge in [-0.1, -0.05) is 6.07 Å². The van der Waals surface area contributed by atoms with Crippen LogP contribution in [0.25, 0.3) is 11.4 Å². The minimum atomic E-state index is -0.602. The van der Waals surface area contributed by atoms with Crippen molar-refractivity contribution in [3.8, 4) is 29.5 Å². The van der Waals surface area contributed by atoms with E-state index in [0.717, 1.165) is 5.56 Å². The largest absolute Gasteiger partial charge is 0.487 e. The average molecular weight is 378 g/mol. The molecule has 0 aliphatic rings. The van der Waals surface area contributed by atoms with Gasteiger partial charge in [0.2, 0.25) is 0 Å². The number of tetrazole rings is 1. The summed E-state index contributed by atoms with van der Waals surface area (Å²) < 4.78 is 12.3. The number of aromatic nitrogens is 5. The number of carbonyl (C=O) groups is 1. The molecule has 3 rings (SSSR count). The first kappa shape index (κ1) is 18.8. The van der Waals surface area contributed by atoms with Crippen molar-refractivity contribution in [2.75, 3.05) is 11.9 Å². The molecule has 28 heavy (non-hydrogen) atoms. The van der Waals surface area contributed by atoms with Crippen LogP contribution in [0, 0.1) is 12.3 Å². The first-order valence-electron chi connectivity index (χ1n) is 8.44. The number of nitrogens with zero attached hydrogens (tertiary/aromatic N) is 5. The predicted octanol–water partition coefficient (Wildman–Crippen LogP) is 2.42. The molecule has 2 heterocycles.